The smallest absolute Gasteiger partial charge is 0.305 e. The molecule has 0 saturated heterocycles. The molecule has 0 amide bonds. The Kier molecular flexibility index (Phi) is 5.76. The van der Waals surface area contributed by atoms with Gasteiger partial charge in [0.2, 0.25) is 0 Å². The number of carbonyl (C=O) groups excluding carboxylic acids is 1. The van der Waals surface area contributed by atoms with E-state index in [9.17, 15) is 4.79 Å². The molecule has 0 aliphatic rings. The van der Waals surface area contributed by atoms with Crippen molar-refractivity contribution in [3.8, 4) is 0 Å². The van der Waals surface area contributed by atoms with Gasteiger partial charge in [0, 0.05) is 6.42 Å². The van der Waals surface area contributed by atoms with Crippen molar-refractivity contribution in [2.45, 2.75) is 52.9 Å². The zero-order chi connectivity index (χ0) is 10.3. The standard InChI is InChI=1S/C11H22O2/c1-11(2,3)9-7-5-6-8-10(12)13-4/h5-9H2,1-4H3. The van der Waals surface area contributed by atoms with Gasteiger partial charge >= 0.3 is 5.97 Å². The minimum absolute atomic E-state index is 0.0873. The van der Waals surface area contributed by atoms with Crippen molar-refractivity contribution in [2.75, 3.05) is 7.11 Å². The number of carbonyl (C=O) groups is 1. The molecule has 0 heterocycles. The fraction of sp³-hybridized carbons (Fsp3) is 0.909. The molecule has 78 valence electrons. The van der Waals surface area contributed by atoms with Crippen LogP contribution in [0.3, 0.4) is 0 Å². The van der Waals surface area contributed by atoms with Crippen LogP contribution in [-0.4, -0.2) is 13.1 Å². The van der Waals surface area contributed by atoms with Gasteiger partial charge in [-0.3, -0.25) is 4.79 Å². The molecule has 0 aliphatic heterocycles. The summed E-state index contributed by atoms with van der Waals surface area (Å²) in [5.41, 5.74) is 0.422. The first-order chi connectivity index (χ1) is 5.95. The lowest BCUT2D eigenvalue weighted by molar-refractivity contribution is -0.140. The summed E-state index contributed by atoms with van der Waals surface area (Å²) in [6, 6.07) is 0. The number of rotatable bonds is 5. The van der Waals surface area contributed by atoms with E-state index in [1.165, 1.54) is 20.0 Å². The first-order valence-electron chi connectivity index (χ1n) is 5.02. The first kappa shape index (κ1) is 12.5. The number of hydrogen-bond acceptors (Lipinski definition) is 2. The van der Waals surface area contributed by atoms with Crippen LogP contribution < -0.4 is 0 Å². The average Bonchev–Trinajstić information content (AvgIpc) is 2.01. The van der Waals surface area contributed by atoms with Crippen LogP contribution in [-0.2, 0) is 9.53 Å². The lowest BCUT2D eigenvalue weighted by Crippen LogP contribution is -2.04. The quantitative estimate of drug-likeness (QED) is 0.487. The van der Waals surface area contributed by atoms with Gasteiger partial charge in [0.1, 0.15) is 0 Å². The molecule has 0 aromatic carbocycles. The fourth-order valence-corrected chi connectivity index (χ4v) is 1.20. The lowest BCUT2D eigenvalue weighted by atomic mass is 9.89. The minimum atomic E-state index is -0.0873. The number of ether oxygens (including phenoxy) is 1. The van der Waals surface area contributed by atoms with Gasteiger partial charge in [-0.05, 0) is 18.3 Å². The molecule has 0 aromatic rings. The van der Waals surface area contributed by atoms with E-state index in [-0.39, 0.29) is 5.97 Å². The number of unbranched alkanes of at least 4 members (excludes halogenated alkanes) is 2. The largest absolute Gasteiger partial charge is 0.469 e. The highest BCUT2D eigenvalue weighted by Crippen LogP contribution is 2.22. The van der Waals surface area contributed by atoms with Gasteiger partial charge in [-0.15, -0.1) is 0 Å². The number of methoxy groups -OCH3 is 1. The maximum absolute atomic E-state index is 10.7. The highest BCUT2D eigenvalue weighted by atomic mass is 16.5. The van der Waals surface area contributed by atoms with E-state index in [0.29, 0.717) is 11.8 Å². The molecular weight excluding hydrogens is 164 g/mol. The molecular formula is C11H22O2. The fourth-order valence-electron chi connectivity index (χ4n) is 1.20. The van der Waals surface area contributed by atoms with E-state index >= 15 is 0 Å². The van der Waals surface area contributed by atoms with Crippen LogP contribution in [0.2, 0.25) is 0 Å². The highest BCUT2D eigenvalue weighted by Gasteiger charge is 2.09. The van der Waals surface area contributed by atoms with Crippen molar-refractivity contribution in [1.29, 1.82) is 0 Å². The predicted octanol–water partition coefficient (Wildman–Crippen LogP) is 3.16. The Morgan fingerprint density at radius 2 is 1.77 bits per heavy atom. The predicted molar refractivity (Wildman–Crippen MR) is 54.6 cm³/mol. The van der Waals surface area contributed by atoms with Crippen LogP contribution in [0.4, 0.5) is 0 Å². The monoisotopic (exact) mass is 186 g/mol. The normalized spacial score (nSPS) is 11.4. The van der Waals surface area contributed by atoms with Gasteiger partial charge < -0.3 is 4.74 Å². The van der Waals surface area contributed by atoms with E-state index in [1.807, 2.05) is 0 Å². The van der Waals surface area contributed by atoms with Crippen LogP contribution in [0.1, 0.15) is 52.9 Å². The van der Waals surface area contributed by atoms with Crippen molar-refractivity contribution >= 4 is 5.97 Å². The summed E-state index contributed by atoms with van der Waals surface area (Å²) in [7, 11) is 1.44. The van der Waals surface area contributed by atoms with Crippen molar-refractivity contribution in [2.24, 2.45) is 5.41 Å². The Morgan fingerprint density at radius 1 is 1.15 bits per heavy atom. The molecule has 0 fully saturated rings. The minimum Gasteiger partial charge on any atom is -0.469 e. The maximum atomic E-state index is 10.7. The van der Waals surface area contributed by atoms with Crippen LogP contribution in [0.15, 0.2) is 0 Å². The van der Waals surface area contributed by atoms with Crippen LogP contribution in [0.5, 0.6) is 0 Å². The summed E-state index contributed by atoms with van der Waals surface area (Å²) in [5, 5.41) is 0. The molecule has 0 N–H and O–H groups in total. The molecule has 0 aromatic heterocycles. The summed E-state index contributed by atoms with van der Waals surface area (Å²) in [5.74, 6) is -0.0873. The number of esters is 1. The zero-order valence-corrected chi connectivity index (χ0v) is 9.35. The molecule has 13 heavy (non-hydrogen) atoms. The van der Waals surface area contributed by atoms with Crippen molar-refractivity contribution in [3.63, 3.8) is 0 Å². The molecule has 0 rings (SSSR count). The second-order valence-corrected chi connectivity index (χ2v) is 4.70. The van der Waals surface area contributed by atoms with Gasteiger partial charge in [-0.1, -0.05) is 33.6 Å². The van der Waals surface area contributed by atoms with Gasteiger partial charge in [0.15, 0.2) is 0 Å². The SMILES string of the molecule is COC(=O)CCCCCC(C)(C)C. The van der Waals surface area contributed by atoms with Crippen LogP contribution in [0, 0.1) is 5.41 Å². The van der Waals surface area contributed by atoms with Gasteiger partial charge in [0.25, 0.3) is 0 Å². The summed E-state index contributed by atoms with van der Waals surface area (Å²) < 4.78 is 4.56. The third-order valence-corrected chi connectivity index (χ3v) is 2.04. The van der Waals surface area contributed by atoms with E-state index in [0.717, 1.165) is 12.8 Å². The third-order valence-electron chi connectivity index (χ3n) is 2.04. The van der Waals surface area contributed by atoms with Gasteiger partial charge in [-0.2, -0.15) is 0 Å². The molecule has 0 aliphatic carbocycles. The van der Waals surface area contributed by atoms with Gasteiger partial charge in [0.05, 0.1) is 7.11 Å². The lowest BCUT2D eigenvalue weighted by Gasteiger charge is -2.17. The highest BCUT2D eigenvalue weighted by molar-refractivity contribution is 5.68. The van der Waals surface area contributed by atoms with Crippen LogP contribution >= 0.6 is 0 Å². The average molecular weight is 186 g/mol. The molecule has 2 nitrogen and oxygen atoms in total. The van der Waals surface area contributed by atoms with Crippen molar-refractivity contribution in [3.05, 3.63) is 0 Å². The summed E-state index contributed by atoms with van der Waals surface area (Å²) in [6.45, 7) is 6.73. The maximum Gasteiger partial charge on any atom is 0.305 e. The Hall–Kier alpha value is -0.530. The van der Waals surface area contributed by atoms with Crippen molar-refractivity contribution < 1.29 is 9.53 Å². The Morgan fingerprint density at radius 3 is 2.23 bits per heavy atom. The Labute approximate surface area is 81.7 Å². The summed E-state index contributed by atoms with van der Waals surface area (Å²) >= 11 is 0. The van der Waals surface area contributed by atoms with Crippen LogP contribution in [0.25, 0.3) is 0 Å². The first-order valence-corrected chi connectivity index (χ1v) is 5.02. The Bertz CT molecular complexity index is 145. The van der Waals surface area contributed by atoms with E-state index in [1.54, 1.807) is 0 Å². The molecule has 0 radical (unpaired) electrons. The zero-order valence-electron chi connectivity index (χ0n) is 9.35. The molecule has 0 atom stereocenters. The Balaban J connectivity index is 3.22. The summed E-state index contributed by atoms with van der Waals surface area (Å²) in [4.78, 5) is 10.7. The topological polar surface area (TPSA) is 26.3 Å². The van der Waals surface area contributed by atoms with E-state index in [4.69, 9.17) is 0 Å². The molecule has 0 unspecified atom stereocenters. The molecule has 2 heteroatoms. The van der Waals surface area contributed by atoms with E-state index < -0.39 is 0 Å². The van der Waals surface area contributed by atoms with Crippen molar-refractivity contribution in [1.82, 2.24) is 0 Å². The second-order valence-electron chi connectivity index (χ2n) is 4.70. The second kappa shape index (κ2) is 6.01. The number of hydrogen-bond donors (Lipinski definition) is 0. The molecule has 0 bridgehead atoms. The van der Waals surface area contributed by atoms with E-state index in [2.05, 4.69) is 25.5 Å². The molecule has 0 spiro atoms. The third kappa shape index (κ3) is 9.38. The summed E-state index contributed by atoms with van der Waals surface area (Å²) in [6.07, 6.45) is 5.10. The molecule has 0 saturated carbocycles. The van der Waals surface area contributed by atoms with Gasteiger partial charge in [-0.25, -0.2) is 0 Å².